The Hall–Kier alpha value is -3.11. The van der Waals surface area contributed by atoms with Crippen molar-refractivity contribution in [2.24, 2.45) is 5.10 Å². The Balaban J connectivity index is 1.61. The van der Waals surface area contributed by atoms with E-state index < -0.39 is 0 Å². The first-order chi connectivity index (χ1) is 15.1. The van der Waals surface area contributed by atoms with Gasteiger partial charge in [-0.25, -0.2) is 5.01 Å². The Morgan fingerprint density at radius 1 is 1.16 bits per heavy atom. The van der Waals surface area contributed by atoms with Gasteiger partial charge in [0.15, 0.2) is 15.8 Å². The molecule has 0 saturated heterocycles. The van der Waals surface area contributed by atoms with Crippen LogP contribution in [0.25, 0.3) is 0 Å². The van der Waals surface area contributed by atoms with Gasteiger partial charge in [-0.15, -0.1) is 10.2 Å². The molecule has 0 aliphatic carbocycles. The SMILES string of the molecule is COc1ccc(C2CC(c3ccccc3)=NN2C(=O)CSc2nnc(N)s2)cc1OC. The number of nitrogens with two attached hydrogens (primary N) is 1. The minimum Gasteiger partial charge on any atom is -0.493 e. The smallest absolute Gasteiger partial charge is 0.253 e. The van der Waals surface area contributed by atoms with Gasteiger partial charge in [0, 0.05) is 6.42 Å². The van der Waals surface area contributed by atoms with E-state index in [2.05, 4.69) is 15.3 Å². The van der Waals surface area contributed by atoms with Crippen LogP contribution in [-0.2, 0) is 4.79 Å². The Morgan fingerprint density at radius 2 is 1.94 bits per heavy atom. The topological polar surface area (TPSA) is 103 Å². The maximum Gasteiger partial charge on any atom is 0.253 e. The summed E-state index contributed by atoms with van der Waals surface area (Å²) >= 11 is 2.56. The lowest BCUT2D eigenvalue weighted by Gasteiger charge is -2.22. The van der Waals surface area contributed by atoms with Gasteiger partial charge >= 0.3 is 0 Å². The maximum absolute atomic E-state index is 13.1. The van der Waals surface area contributed by atoms with E-state index in [4.69, 9.17) is 15.2 Å². The molecule has 2 aromatic carbocycles. The molecular weight excluding hydrogens is 434 g/mol. The average Bonchev–Trinajstić information content (AvgIpc) is 3.44. The molecule has 8 nitrogen and oxygen atoms in total. The van der Waals surface area contributed by atoms with Crippen LogP contribution in [0.3, 0.4) is 0 Å². The second kappa shape index (κ2) is 9.36. The summed E-state index contributed by atoms with van der Waals surface area (Å²) in [5.41, 5.74) is 8.41. The van der Waals surface area contributed by atoms with Gasteiger partial charge in [0.25, 0.3) is 5.91 Å². The number of methoxy groups -OCH3 is 2. The normalized spacial score (nSPS) is 15.6. The van der Waals surface area contributed by atoms with Crippen LogP contribution in [0, 0.1) is 0 Å². The summed E-state index contributed by atoms with van der Waals surface area (Å²) in [6.45, 7) is 0. The van der Waals surface area contributed by atoms with Gasteiger partial charge < -0.3 is 15.2 Å². The van der Waals surface area contributed by atoms with Crippen LogP contribution in [0.1, 0.15) is 23.6 Å². The van der Waals surface area contributed by atoms with Crippen molar-refractivity contribution in [1.29, 1.82) is 0 Å². The fourth-order valence-electron chi connectivity index (χ4n) is 3.33. The van der Waals surface area contributed by atoms with E-state index in [1.165, 1.54) is 23.1 Å². The van der Waals surface area contributed by atoms with Gasteiger partial charge in [-0.2, -0.15) is 5.10 Å². The number of rotatable bonds is 7. The molecule has 4 rings (SSSR count). The van der Waals surface area contributed by atoms with Crippen molar-refractivity contribution >= 4 is 39.8 Å². The van der Waals surface area contributed by atoms with Gasteiger partial charge in [-0.3, -0.25) is 4.79 Å². The highest BCUT2D eigenvalue weighted by Crippen LogP contribution is 2.38. The largest absolute Gasteiger partial charge is 0.493 e. The molecule has 0 radical (unpaired) electrons. The minimum absolute atomic E-state index is 0.121. The molecule has 0 bridgehead atoms. The van der Waals surface area contributed by atoms with Crippen molar-refractivity contribution in [2.45, 2.75) is 16.8 Å². The number of amides is 1. The molecule has 1 aliphatic heterocycles. The Labute approximate surface area is 188 Å². The first-order valence-electron chi connectivity index (χ1n) is 9.47. The van der Waals surface area contributed by atoms with E-state index >= 15 is 0 Å². The highest BCUT2D eigenvalue weighted by molar-refractivity contribution is 8.01. The van der Waals surface area contributed by atoms with Crippen molar-refractivity contribution in [3.8, 4) is 11.5 Å². The molecule has 0 spiro atoms. The highest BCUT2D eigenvalue weighted by atomic mass is 32.2. The van der Waals surface area contributed by atoms with E-state index in [-0.39, 0.29) is 17.7 Å². The predicted molar refractivity (Wildman–Crippen MR) is 122 cm³/mol. The molecule has 3 aromatic rings. The molecule has 1 atom stereocenters. The van der Waals surface area contributed by atoms with Gasteiger partial charge in [-0.1, -0.05) is 59.5 Å². The standard InChI is InChI=1S/C21H21N5O3S2/c1-28-17-9-8-14(10-18(17)29-2)16-11-15(13-6-4-3-5-7-13)25-26(16)19(27)12-30-21-24-23-20(22)31-21/h3-10,16H,11-12H2,1-2H3,(H2,22,23). The third-order valence-electron chi connectivity index (χ3n) is 4.81. The molecular formula is C21H21N5O3S2. The van der Waals surface area contributed by atoms with E-state index in [1.54, 1.807) is 19.2 Å². The summed E-state index contributed by atoms with van der Waals surface area (Å²) in [6.07, 6.45) is 0.599. The molecule has 2 heterocycles. The van der Waals surface area contributed by atoms with E-state index in [0.29, 0.717) is 27.4 Å². The molecule has 1 aliphatic rings. The third kappa shape index (κ3) is 4.64. The zero-order valence-electron chi connectivity index (χ0n) is 17.0. The van der Waals surface area contributed by atoms with Crippen LogP contribution in [0.5, 0.6) is 11.5 Å². The van der Waals surface area contributed by atoms with Crippen molar-refractivity contribution in [3.05, 3.63) is 59.7 Å². The average molecular weight is 456 g/mol. The van der Waals surface area contributed by atoms with Crippen LogP contribution in [0.2, 0.25) is 0 Å². The van der Waals surface area contributed by atoms with Crippen molar-refractivity contribution in [2.75, 3.05) is 25.7 Å². The lowest BCUT2D eigenvalue weighted by atomic mass is 9.98. The molecule has 1 aromatic heterocycles. The Bertz CT molecular complexity index is 1100. The zero-order chi connectivity index (χ0) is 21.8. The summed E-state index contributed by atoms with van der Waals surface area (Å²) in [5, 5.41) is 14.4. The van der Waals surface area contributed by atoms with Crippen molar-refractivity contribution in [3.63, 3.8) is 0 Å². The van der Waals surface area contributed by atoms with Crippen LogP contribution in [0.15, 0.2) is 58.0 Å². The second-order valence-electron chi connectivity index (χ2n) is 6.68. The summed E-state index contributed by atoms with van der Waals surface area (Å²) in [5.74, 6) is 1.31. The maximum atomic E-state index is 13.1. The number of ether oxygens (including phenoxy) is 2. The predicted octanol–water partition coefficient (Wildman–Crippen LogP) is 3.61. The van der Waals surface area contributed by atoms with Crippen LogP contribution < -0.4 is 15.2 Å². The van der Waals surface area contributed by atoms with Gasteiger partial charge in [0.05, 0.1) is 31.7 Å². The molecule has 1 unspecified atom stereocenters. The van der Waals surface area contributed by atoms with Gasteiger partial charge in [-0.05, 0) is 23.3 Å². The molecule has 0 fully saturated rings. The molecule has 160 valence electrons. The fraction of sp³-hybridized carbons (Fsp3) is 0.238. The fourth-order valence-corrected chi connectivity index (χ4v) is 4.82. The number of nitrogen functional groups attached to an aromatic ring is 1. The Kier molecular flexibility index (Phi) is 6.38. The Morgan fingerprint density at radius 3 is 2.61 bits per heavy atom. The quantitative estimate of drug-likeness (QED) is 0.543. The lowest BCUT2D eigenvalue weighted by Crippen LogP contribution is -2.28. The van der Waals surface area contributed by atoms with Gasteiger partial charge in [0.1, 0.15) is 0 Å². The molecule has 0 saturated carbocycles. The molecule has 2 N–H and O–H groups in total. The first kappa shape index (κ1) is 21.1. The monoisotopic (exact) mass is 455 g/mol. The van der Waals surface area contributed by atoms with Crippen molar-refractivity contribution in [1.82, 2.24) is 15.2 Å². The van der Waals surface area contributed by atoms with E-state index in [1.807, 2.05) is 48.5 Å². The first-order valence-corrected chi connectivity index (χ1v) is 11.3. The number of hydrogen-bond donors (Lipinski definition) is 1. The van der Waals surface area contributed by atoms with Gasteiger partial charge in [0.2, 0.25) is 5.13 Å². The number of carbonyl (C=O) groups excluding carboxylic acids is 1. The van der Waals surface area contributed by atoms with E-state index in [0.717, 1.165) is 16.8 Å². The number of benzene rings is 2. The third-order valence-corrected chi connectivity index (χ3v) is 6.68. The second-order valence-corrected chi connectivity index (χ2v) is 8.91. The number of aromatic nitrogens is 2. The van der Waals surface area contributed by atoms with Crippen LogP contribution >= 0.6 is 23.1 Å². The number of anilines is 1. The summed E-state index contributed by atoms with van der Waals surface area (Å²) in [7, 11) is 3.19. The van der Waals surface area contributed by atoms with E-state index in [9.17, 15) is 4.79 Å². The summed E-state index contributed by atoms with van der Waals surface area (Å²) in [6, 6.07) is 15.3. The summed E-state index contributed by atoms with van der Waals surface area (Å²) in [4.78, 5) is 13.1. The number of carbonyl (C=O) groups is 1. The minimum atomic E-state index is -0.248. The van der Waals surface area contributed by atoms with Crippen LogP contribution in [-0.4, -0.2) is 46.8 Å². The zero-order valence-corrected chi connectivity index (χ0v) is 18.7. The number of thioether (sulfide) groups is 1. The highest BCUT2D eigenvalue weighted by Gasteiger charge is 2.33. The van der Waals surface area contributed by atoms with Crippen molar-refractivity contribution < 1.29 is 14.3 Å². The number of nitrogens with zero attached hydrogens (tertiary/aromatic N) is 4. The lowest BCUT2D eigenvalue weighted by molar-refractivity contribution is -0.130. The molecule has 10 heteroatoms. The number of hydrogen-bond acceptors (Lipinski definition) is 9. The number of hydrazone groups is 1. The van der Waals surface area contributed by atoms with Crippen LogP contribution in [0.4, 0.5) is 5.13 Å². The molecule has 1 amide bonds. The summed E-state index contributed by atoms with van der Waals surface area (Å²) < 4.78 is 11.5. The molecule has 31 heavy (non-hydrogen) atoms.